The Bertz CT molecular complexity index is 270. The average molecular weight is 226 g/mol. The fourth-order valence-corrected chi connectivity index (χ4v) is 2.55. The SMILES string of the molecule is CCC(CN)CNCc1cc(C)c(C)s1. The molecule has 0 aromatic carbocycles. The first kappa shape index (κ1) is 12.7. The molecule has 1 atom stereocenters. The van der Waals surface area contributed by atoms with Gasteiger partial charge in [0.05, 0.1) is 0 Å². The molecule has 0 spiro atoms. The Morgan fingerprint density at radius 2 is 2.20 bits per heavy atom. The fraction of sp³-hybridized carbons (Fsp3) is 0.667. The molecule has 0 aliphatic carbocycles. The van der Waals surface area contributed by atoms with Crippen molar-refractivity contribution < 1.29 is 0 Å². The van der Waals surface area contributed by atoms with E-state index in [2.05, 4.69) is 32.2 Å². The van der Waals surface area contributed by atoms with Crippen molar-refractivity contribution in [3.8, 4) is 0 Å². The van der Waals surface area contributed by atoms with Crippen LogP contribution in [0.1, 0.15) is 28.7 Å². The quantitative estimate of drug-likeness (QED) is 0.782. The van der Waals surface area contributed by atoms with Crippen molar-refractivity contribution in [1.29, 1.82) is 0 Å². The number of nitrogens with one attached hydrogen (secondary N) is 1. The van der Waals surface area contributed by atoms with Crippen molar-refractivity contribution in [3.63, 3.8) is 0 Å². The molecule has 3 heteroatoms. The van der Waals surface area contributed by atoms with E-state index in [4.69, 9.17) is 5.73 Å². The second-order valence-corrected chi connectivity index (χ2v) is 5.43. The Morgan fingerprint density at radius 3 is 2.67 bits per heavy atom. The van der Waals surface area contributed by atoms with Crippen molar-refractivity contribution in [1.82, 2.24) is 5.32 Å². The van der Waals surface area contributed by atoms with Crippen LogP contribution in [0, 0.1) is 19.8 Å². The van der Waals surface area contributed by atoms with Crippen LogP contribution in [0.3, 0.4) is 0 Å². The monoisotopic (exact) mass is 226 g/mol. The number of rotatable bonds is 6. The van der Waals surface area contributed by atoms with Gasteiger partial charge in [-0.3, -0.25) is 0 Å². The van der Waals surface area contributed by atoms with Gasteiger partial charge in [-0.25, -0.2) is 0 Å². The van der Waals surface area contributed by atoms with Crippen LogP contribution in [0.5, 0.6) is 0 Å². The van der Waals surface area contributed by atoms with Gasteiger partial charge in [-0.15, -0.1) is 11.3 Å². The summed E-state index contributed by atoms with van der Waals surface area (Å²) in [6.45, 7) is 9.34. The van der Waals surface area contributed by atoms with E-state index in [1.54, 1.807) is 0 Å². The van der Waals surface area contributed by atoms with E-state index in [1.165, 1.54) is 15.3 Å². The van der Waals surface area contributed by atoms with E-state index < -0.39 is 0 Å². The van der Waals surface area contributed by atoms with Crippen LogP contribution >= 0.6 is 11.3 Å². The van der Waals surface area contributed by atoms with Crippen molar-refractivity contribution in [2.45, 2.75) is 33.7 Å². The minimum atomic E-state index is 0.618. The molecule has 1 rings (SSSR count). The third-order valence-electron chi connectivity index (χ3n) is 2.86. The third-order valence-corrected chi connectivity index (χ3v) is 4.01. The number of thiophene rings is 1. The molecule has 1 unspecified atom stereocenters. The van der Waals surface area contributed by atoms with Crippen molar-refractivity contribution >= 4 is 11.3 Å². The summed E-state index contributed by atoms with van der Waals surface area (Å²) in [6, 6.07) is 2.27. The molecule has 3 N–H and O–H groups in total. The van der Waals surface area contributed by atoms with E-state index in [0.717, 1.165) is 26.1 Å². The van der Waals surface area contributed by atoms with E-state index >= 15 is 0 Å². The van der Waals surface area contributed by atoms with Gasteiger partial charge in [0.1, 0.15) is 0 Å². The average Bonchev–Trinajstić information content (AvgIpc) is 2.53. The third kappa shape index (κ3) is 3.93. The standard InChI is InChI=1S/C12H22N2S/c1-4-11(6-13)7-14-8-12-5-9(2)10(3)15-12/h5,11,14H,4,6-8,13H2,1-3H3. The maximum Gasteiger partial charge on any atom is 0.0300 e. The summed E-state index contributed by atoms with van der Waals surface area (Å²) in [5.41, 5.74) is 7.06. The molecule has 0 saturated heterocycles. The van der Waals surface area contributed by atoms with Gasteiger partial charge in [0.25, 0.3) is 0 Å². The van der Waals surface area contributed by atoms with Gasteiger partial charge >= 0.3 is 0 Å². The van der Waals surface area contributed by atoms with Gasteiger partial charge in [0.2, 0.25) is 0 Å². The predicted octanol–water partition coefficient (Wildman–Crippen LogP) is 2.44. The highest BCUT2D eigenvalue weighted by Crippen LogP contribution is 2.20. The predicted molar refractivity (Wildman–Crippen MR) is 68.3 cm³/mol. The number of hydrogen-bond donors (Lipinski definition) is 2. The maximum atomic E-state index is 5.65. The largest absolute Gasteiger partial charge is 0.330 e. The van der Waals surface area contributed by atoms with E-state index in [9.17, 15) is 0 Å². The Labute approximate surface area is 96.9 Å². The van der Waals surface area contributed by atoms with E-state index in [0.29, 0.717) is 5.92 Å². The van der Waals surface area contributed by atoms with Gasteiger partial charge in [-0.05, 0) is 44.5 Å². The number of hydrogen-bond acceptors (Lipinski definition) is 3. The summed E-state index contributed by atoms with van der Waals surface area (Å²) in [5.74, 6) is 0.618. The van der Waals surface area contributed by atoms with Gasteiger partial charge in [0.15, 0.2) is 0 Å². The lowest BCUT2D eigenvalue weighted by Crippen LogP contribution is -2.27. The van der Waals surface area contributed by atoms with Gasteiger partial charge in [-0.2, -0.15) is 0 Å². The molecule has 1 aromatic heterocycles. The first-order chi connectivity index (χ1) is 7.17. The van der Waals surface area contributed by atoms with Gasteiger partial charge in [0, 0.05) is 16.3 Å². The lowest BCUT2D eigenvalue weighted by Gasteiger charge is -2.12. The fourth-order valence-electron chi connectivity index (χ4n) is 1.53. The zero-order chi connectivity index (χ0) is 11.3. The summed E-state index contributed by atoms with van der Waals surface area (Å²) in [5, 5.41) is 3.47. The molecule has 0 aliphatic rings. The van der Waals surface area contributed by atoms with Crippen LogP contribution in [0.4, 0.5) is 0 Å². The minimum Gasteiger partial charge on any atom is -0.330 e. The highest BCUT2D eigenvalue weighted by molar-refractivity contribution is 7.12. The van der Waals surface area contributed by atoms with Crippen molar-refractivity contribution in [2.75, 3.05) is 13.1 Å². The van der Waals surface area contributed by atoms with E-state index in [1.807, 2.05) is 11.3 Å². The summed E-state index contributed by atoms with van der Waals surface area (Å²) in [4.78, 5) is 2.86. The van der Waals surface area contributed by atoms with Crippen LogP contribution in [-0.4, -0.2) is 13.1 Å². The normalized spacial score (nSPS) is 13.1. The molecule has 86 valence electrons. The van der Waals surface area contributed by atoms with Crippen LogP contribution in [0.15, 0.2) is 6.07 Å². The highest BCUT2D eigenvalue weighted by atomic mass is 32.1. The van der Waals surface area contributed by atoms with Gasteiger partial charge in [-0.1, -0.05) is 13.3 Å². The highest BCUT2D eigenvalue weighted by Gasteiger charge is 2.04. The molecule has 15 heavy (non-hydrogen) atoms. The minimum absolute atomic E-state index is 0.618. The van der Waals surface area contributed by atoms with Crippen LogP contribution in [0.25, 0.3) is 0 Å². The Hall–Kier alpha value is -0.380. The molecule has 0 saturated carbocycles. The van der Waals surface area contributed by atoms with Crippen LogP contribution < -0.4 is 11.1 Å². The van der Waals surface area contributed by atoms with E-state index in [-0.39, 0.29) is 0 Å². The topological polar surface area (TPSA) is 38.0 Å². The smallest absolute Gasteiger partial charge is 0.0300 e. The Morgan fingerprint density at radius 1 is 1.47 bits per heavy atom. The lowest BCUT2D eigenvalue weighted by atomic mass is 10.1. The Kier molecular flexibility index (Phi) is 5.29. The first-order valence-electron chi connectivity index (χ1n) is 5.64. The molecular formula is C12H22N2S. The van der Waals surface area contributed by atoms with Crippen molar-refractivity contribution in [3.05, 3.63) is 21.4 Å². The molecule has 0 amide bonds. The van der Waals surface area contributed by atoms with Crippen molar-refractivity contribution in [2.24, 2.45) is 11.7 Å². The number of aryl methyl sites for hydroxylation is 2. The lowest BCUT2D eigenvalue weighted by molar-refractivity contribution is 0.472. The zero-order valence-electron chi connectivity index (χ0n) is 9.97. The molecule has 0 fully saturated rings. The molecule has 2 nitrogen and oxygen atoms in total. The summed E-state index contributed by atoms with van der Waals surface area (Å²) >= 11 is 1.89. The second-order valence-electron chi connectivity index (χ2n) is 4.09. The zero-order valence-corrected chi connectivity index (χ0v) is 10.8. The molecule has 0 bridgehead atoms. The number of nitrogens with two attached hydrogens (primary N) is 1. The summed E-state index contributed by atoms with van der Waals surface area (Å²) in [6.07, 6.45) is 1.16. The van der Waals surface area contributed by atoms with Gasteiger partial charge < -0.3 is 11.1 Å². The molecule has 1 heterocycles. The van der Waals surface area contributed by atoms with Crippen LogP contribution in [0.2, 0.25) is 0 Å². The molecule has 0 radical (unpaired) electrons. The molecular weight excluding hydrogens is 204 g/mol. The molecule has 1 aromatic rings. The summed E-state index contributed by atoms with van der Waals surface area (Å²) < 4.78 is 0. The summed E-state index contributed by atoms with van der Waals surface area (Å²) in [7, 11) is 0. The first-order valence-corrected chi connectivity index (χ1v) is 6.45. The maximum absolute atomic E-state index is 5.65. The second kappa shape index (κ2) is 6.26. The Balaban J connectivity index is 2.31. The van der Waals surface area contributed by atoms with Crippen LogP contribution in [-0.2, 0) is 6.54 Å². The molecule has 0 aliphatic heterocycles.